The number of anilines is 1. The predicted molar refractivity (Wildman–Crippen MR) is 77.0 cm³/mol. The van der Waals surface area contributed by atoms with Crippen LogP contribution in [0.2, 0.25) is 0 Å². The van der Waals surface area contributed by atoms with Crippen LogP contribution in [0.25, 0.3) is 0 Å². The molecule has 0 unspecified atom stereocenters. The Kier molecular flexibility index (Phi) is 3.93. The maximum absolute atomic E-state index is 12.2. The molecule has 0 saturated carbocycles. The number of nitrogens with one attached hydrogen (secondary N) is 1. The zero-order chi connectivity index (χ0) is 14.0. The minimum absolute atomic E-state index is 0.149. The molecule has 0 aliphatic rings. The molecule has 0 fully saturated rings. The molecule has 1 heterocycles. The largest absolute Gasteiger partial charge is 0.391 e. The van der Waals surface area contributed by atoms with E-state index >= 15 is 0 Å². The molecule has 0 bridgehead atoms. The highest BCUT2D eigenvalue weighted by atomic mass is 32.2. The average molecular weight is 297 g/mol. The summed E-state index contributed by atoms with van der Waals surface area (Å²) in [5.74, 6) is 0. The van der Waals surface area contributed by atoms with Gasteiger partial charge in [-0.15, -0.1) is 11.3 Å². The van der Waals surface area contributed by atoms with Gasteiger partial charge in [-0.3, -0.25) is 4.72 Å². The van der Waals surface area contributed by atoms with Gasteiger partial charge < -0.3 is 5.11 Å². The maximum Gasteiger partial charge on any atom is 0.271 e. The van der Waals surface area contributed by atoms with Gasteiger partial charge in [-0.2, -0.15) is 0 Å². The van der Waals surface area contributed by atoms with Gasteiger partial charge in [0.2, 0.25) is 0 Å². The van der Waals surface area contributed by atoms with Crippen molar-refractivity contribution in [2.45, 2.75) is 24.7 Å². The molecule has 0 aliphatic heterocycles. The lowest BCUT2D eigenvalue weighted by Gasteiger charge is -2.08. The molecule has 0 saturated heterocycles. The normalized spacial score (nSPS) is 11.5. The van der Waals surface area contributed by atoms with Crippen LogP contribution in [0.5, 0.6) is 0 Å². The van der Waals surface area contributed by atoms with Crippen LogP contribution >= 0.6 is 11.3 Å². The summed E-state index contributed by atoms with van der Waals surface area (Å²) >= 11 is 1.07. The number of sulfonamides is 1. The van der Waals surface area contributed by atoms with E-state index in [9.17, 15) is 8.42 Å². The lowest BCUT2D eigenvalue weighted by atomic mass is 10.1. The van der Waals surface area contributed by atoms with Crippen LogP contribution in [0.15, 0.2) is 34.5 Å². The minimum atomic E-state index is -3.58. The molecule has 19 heavy (non-hydrogen) atoms. The van der Waals surface area contributed by atoms with E-state index in [0.717, 1.165) is 22.5 Å². The van der Waals surface area contributed by atoms with Gasteiger partial charge in [0, 0.05) is 10.6 Å². The van der Waals surface area contributed by atoms with Crippen molar-refractivity contribution in [2.24, 2.45) is 0 Å². The SMILES string of the molecule is Cc1cc(C)cc(NS(=O)(=O)c2ccc(CO)s2)c1. The van der Waals surface area contributed by atoms with E-state index in [1.54, 1.807) is 18.2 Å². The second-order valence-electron chi connectivity index (χ2n) is 4.36. The maximum atomic E-state index is 12.2. The fourth-order valence-electron chi connectivity index (χ4n) is 1.83. The van der Waals surface area contributed by atoms with Crippen molar-refractivity contribution in [1.82, 2.24) is 0 Å². The van der Waals surface area contributed by atoms with Crippen molar-refractivity contribution in [3.63, 3.8) is 0 Å². The Morgan fingerprint density at radius 1 is 1.16 bits per heavy atom. The monoisotopic (exact) mass is 297 g/mol. The number of aliphatic hydroxyl groups excluding tert-OH is 1. The first-order valence-electron chi connectivity index (χ1n) is 5.71. The standard InChI is InChI=1S/C13H15NO3S2/c1-9-5-10(2)7-11(6-9)14-19(16,17)13-4-3-12(8-15)18-13/h3-7,14-15H,8H2,1-2H3. The van der Waals surface area contributed by atoms with Crippen molar-refractivity contribution < 1.29 is 13.5 Å². The molecule has 0 amide bonds. The number of aryl methyl sites for hydroxylation is 2. The van der Waals surface area contributed by atoms with Crippen molar-refractivity contribution in [1.29, 1.82) is 0 Å². The Balaban J connectivity index is 2.30. The van der Waals surface area contributed by atoms with Gasteiger partial charge >= 0.3 is 0 Å². The van der Waals surface area contributed by atoms with Crippen LogP contribution in [0.1, 0.15) is 16.0 Å². The predicted octanol–water partition coefficient (Wildman–Crippen LogP) is 2.66. The summed E-state index contributed by atoms with van der Waals surface area (Å²) in [6.07, 6.45) is 0. The number of benzene rings is 1. The molecule has 1 aromatic heterocycles. The second-order valence-corrected chi connectivity index (χ2v) is 7.44. The van der Waals surface area contributed by atoms with Crippen molar-refractivity contribution in [2.75, 3.05) is 4.72 Å². The summed E-state index contributed by atoms with van der Waals surface area (Å²) in [6, 6.07) is 8.66. The van der Waals surface area contributed by atoms with Crippen molar-refractivity contribution >= 4 is 27.0 Å². The lowest BCUT2D eigenvalue weighted by molar-refractivity contribution is 0.285. The van der Waals surface area contributed by atoms with Gasteiger partial charge in [-0.1, -0.05) is 6.07 Å². The molecule has 1 aromatic carbocycles. The third-order valence-electron chi connectivity index (χ3n) is 2.53. The molecular weight excluding hydrogens is 282 g/mol. The van der Waals surface area contributed by atoms with Gasteiger partial charge in [0.15, 0.2) is 0 Å². The van der Waals surface area contributed by atoms with Gasteiger partial charge in [0.05, 0.1) is 6.61 Å². The molecule has 102 valence electrons. The smallest absolute Gasteiger partial charge is 0.271 e. The van der Waals surface area contributed by atoms with E-state index in [0.29, 0.717) is 10.6 Å². The highest BCUT2D eigenvalue weighted by Crippen LogP contribution is 2.24. The van der Waals surface area contributed by atoms with Crippen molar-refractivity contribution in [3.05, 3.63) is 46.3 Å². The fourth-order valence-corrected chi connectivity index (χ4v) is 4.08. The Bertz CT molecular complexity index is 669. The lowest BCUT2D eigenvalue weighted by Crippen LogP contribution is -2.11. The Labute approximate surface area is 116 Å². The van der Waals surface area contributed by atoms with E-state index in [2.05, 4.69) is 4.72 Å². The molecule has 6 heteroatoms. The molecular formula is C13H15NO3S2. The second kappa shape index (κ2) is 5.32. The number of rotatable bonds is 4. The van der Waals surface area contributed by atoms with Gasteiger partial charge in [-0.25, -0.2) is 8.42 Å². The van der Waals surface area contributed by atoms with Crippen LogP contribution in [-0.2, 0) is 16.6 Å². The van der Waals surface area contributed by atoms with Crippen LogP contribution in [0.4, 0.5) is 5.69 Å². The topological polar surface area (TPSA) is 66.4 Å². The van der Waals surface area contributed by atoms with Gasteiger partial charge in [0.25, 0.3) is 10.0 Å². The van der Waals surface area contributed by atoms with Crippen LogP contribution < -0.4 is 4.72 Å². The molecule has 0 atom stereocenters. The zero-order valence-electron chi connectivity index (χ0n) is 10.7. The summed E-state index contributed by atoms with van der Waals surface area (Å²) in [6.45, 7) is 3.68. The quantitative estimate of drug-likeness (QED) is 0.911. The third kappa shape index (κ3) is 3.34. The molecule has 2 N–H and O–H groups in total. The summed E-state index contributed by atoms with van der Waals surface area (Å²) in [5.41, 5.74) is 2.55. The molecule has 4 nitrogen and oxygen atoms in total. The number of aliphatic hydroxyl groups is 1. The Hall–Kier alpha value is -1.37. The van der Waals surface area contributed by atoms with E-state index in [-0.39, 0.29) is 10.8 Å². The van der Waals surface area contributed by atoms with Crippen LogP contribution in [0.3, 0.4) is 0 Å². The molecule has 2 aromatic rings. The zero-order valence-corrected chi connectivity index (χ0v) is 12.3. The van der Waals surface area contributed by atoms with E-state index in [4.69, 9.17) is 5.11 Å². The number of thiophene rings is 1. The first-order valence-corrected chi connectivity index (χ1v) is 8.01. The van der Waals surface area contributed by atoms with E-state index < -0.39 is 10.0 Å². The van der Waals surface area contributed by atoms with E-state index in [1.165, 1.54) is 6.07 Å². The first kappa shape index (κ1) is 14.0. The van der Waals surface area contributed by atoms with E-state index in [1.807, 2.05) is 19.9 Å². The molecule has 0 spiro atoms. The summed E-state index contributed by atoms with van der Waals surface area (Å²) in [4.78, 5) is 0.626. The van der Waals surface area contributed by atoms with Crippen LogP contribution in [-0.4, -0.2) is 13.5 Å². The van der Waals surface area contributed by atoms with Gasteiger partial charge in [0.1, 0.15) is 4.21 Å². The Morgan fingerprint density at radius 2 is 1.79 bits per heavy atom. The number of hydrogen-bond donors (Lipinski definition) is 2. The molecule has 0 radical (unpaired) electrons. The Morgan fingerprint density at radius 3 is 2.32 bits per heavy atom. The summed E-state index contributed by atoms with van der Waals surface area (Å²) in [7, 11) is -3.58. The highest BCUT2D eigenvalue weighted by Gasteiger charge is 2.17. The molecule has 0 aliphatic carbocycles. The third-order valence-corrected chi connectivity index (χ3v) is 5.47. The fraction of sp³-hybridized carbons (Fsp3) is 0.231. The van der Waals surface area contributed by atoms with Gasteiger partial charge in [-0.05, 0) is 49.2 Å². The van der Waals surface area contributed by atoms with Crippen LogP contribution in [0, 0.1) is 13.8 Å². The summed E-state index contributed by atoms with van der Waals surface area (Å²) in [5, 5.41) is 8.97. The summed E-state index contributed by atoms with van der Waals surface area (Å²) < 4.78 is 27.1. The van der Waals surface area contributed by atoms with Crippen molar-refractivity contribution in [3.8, 4) is 0 Å². The minimum Gasteiger partial charge on any atom is -0.391 e. The average Bonchev–Trinajstić information content (AvgIpc) is 2.75. The molecule has 2 rings (SSSR count). The highest BCUT2D eigenvalue weighted by molar-refractivity contribution is 7.94. The first-order chi connectivity index (χ1) is 8.90. The number of hydrogen-bond acceptors (Lipinski definition) is 4.